The van der Waals surface area contributed by atoms with Crippen LogP contribution in [0.2, 0.25) is 0 Å². The summed E-state index contributed by atoms with van der Waals surface area (Å²) in [5.74, 6) is 0. The zero-order valence-corrected chi connectivity index (χ0v) is 18.7. The van der Waals surface area contributed by atoms with Crippen molar-refractivity contribution in [3.63, 3.8) is 0 Å². The standard InChI is InChI=1S/C27H22N2PS/c1-5-13-22(14-6-1)27-26(28-29-31-27)21-30(23-15-7-2-8-16-23,24-17-9-3-10-18-24)25-19-11-4-12-20-25/h1-20H,21H2/q+1. The Morgan fingerprint density at radius 1 is 0.548 bits per heavy atom. The molecule has 0 amide bonds. The van der Waals surface area contributed by atoms with Gasteiger partial charge in [-0.25, -0.2) is 0 Å². The van der Waals surface area contributed by atoms with Crippen LogP contribution in [0.25, 0.3) is 10.4 Å². The zero-order chi connectivity index (χ0) is 20.9. The lowest BCUT2D eigenvalue weighted by atomic mass is 10.2. The van der Waals surface area contributed by atoms with E-state index in [2.05, 4.69) is 125 Å². The molecule has 0 aliphatic rings. The highest BCUT2D eigenvalue weighted by Crippen LogP contribution is 2.58. The average molecular weight is 438 g/mol. The normalized spacial score (nSPS) is 11.4. The average Bonchev–Trinajstić information content (AvgIpc) is 3.33. The molecule has 0 saturated carbocycles. The molecule has 4 aromatic carbocycles. The molecular weight excluding hydrogens is 415 g/mol. The fourth-order valence-corrected chi connectivity index (χ4v) is 9.06. The molecule has 0 aliphatic heterocycles. The van der Waals surface area contributed by atoms with Gasteiger partial charge in [0.2, 0.25) is 0 Å². The molecule has 0 radical (unpaired) electrons. The van der Waals surface area contributed by atoms with Crippen molar-refractivity contribution in [1.29, 1.82) is 0 Å². The van der Waals surface area contributed by atoms with E-state index in [-0.39, 0.29) is 0 Å². The summed E-state index contributed by atoms with van der Waals surface area (Å²) < 4.78 is 4.37. The second-order valence-electron chi connectivity index (χ2n) is 7.39. The molecule has 150 valence electrons. The van der Waals surface area contributed by atoms with E-state index in [1.807, 2.05) is 6.07 Å². The van der Waals surface area contributed by atoms with E-state index in [9.17, 15) is 0 Å². The van der Waals surface area contributed by atoms with Gasteiger partial charge in [0, 0.05) is 0 Å². The third kappa shape index (κ3) is 3.83. The Morgan fingerprint density at radius 3 is 1.42 bits per heavy atom. The molecule has 4 heteroatoms. The van der Waals surface area contributed by atoms with Crippen LogP contribution >= 0.6 is 18.8 Å². The largest absolute Gasteiger partial charge is 0.139 e. The van der Waals surface area contributed by atoms with Gasteiger partial charge < -0.3 is 0 Å². The third-order valence-corrected chi connectivity index (χ3v) is 10.7. The minimum Gasteiger partial charge on any atom is -0.139 e. The molecule has 5 aromatic rings. The Bertz CT molecular complexity index is 1140. The maximum absolute atomic E-state index is 4.65. The highest BCUT2D eigenvalue weighted by atomic mass is 32.1. The van der Waals surface area contributed by atoms with Gasteiger partial charge in [0.1, 0.15) is 35.0 Å². The lowest BCUT2D eigenvalue weighted by Crippen LogP contribution is -2.32. The van der Waals surface area contributed by atoms with E-state index in [4.69, 9.17) is 0 Å². The SMILES string of the molecule is c1ccc(-c2snnc2C[P+](c2ccccc2)(c2ccccc2)c2ccccc2)cc1. The number of benzene rings is 4. The fraction of sp³-hybridized carbons (Fsp3) is 0.0370. The first-order valence-electron chi connectivity index (χ1n) is 10.3. The molecule has 31 heavy (non-hydrogen) atoms. The quantitative estimate of drug-likeness (QED) is 0.319. The number of aromatic nitrogens is 2. The molecule has 0 aliphatic carbocycles. The highest BCUT2D eigenvalue weighted by Gasteiger charge is 2.46. The van der Waals surface area contributed by atoms with Crippen LogP contribution in [0.4, 0.5) is 0 Å². The lowest BCUT2D eigenvalue weighted by molar-refractivity contribution is 1.07. The summed E-state index contributed by atoms with van der Waals surface area (Å²) in [7, 11) is -1.99. The van der Waals surface area contributed by atoms with Crippen molar-refractivity contribution in [2.45, 2.75) is 6.16 Å². The maximum atomic E-state index is 4.65. The van der Waals surface area contributed by atoms with Crippen molar-refractivity contribution in [3.8, 4) is 10.4 Å². The Hall–Kier alpha value is -3.13. The number of hydrogen-bond donors (Lipinski definition) is 0. The molecule has 5 rings (SSSR count). The summed E-state index contributed by atoms with van der Waals surface area (Å²) in [4.78, 5) is 1.16. The zero-order valence-electron chi connectivity index (χ0n) is 17.0. The summed E-state index contributed by atoms with van der Waals surface area (Å²) in [6, 6.07) is 43.3. The van der Waals surface area contributed by atoms with Crippen LogP contribution in [0.1, 0.15) is 5.69 Å². The van der Waals surface area contributed by atoms with E-state index in [1.165, 1.54) is 33.0 Å². The van der Waals surface area contributed by atoms with Crippen molar-refractivity contribution < 1.29 is 0 Å². The first-order chi connectivity index (χ1) is 15.4. The lowest BCUT2D eigenvalue weighted by Gasteiger charge is -2.27. The van der Waals surface area contributed by atoms with Crippen LogP contribution in [0.3, 0.4) is 0 Å². The van der Waals surface area contributed by atoms with E-state index in [0.29, 0.717) is 0 Å². The third-order valence-electron chi connectivity index (χ3n) is 5.57. The topological polar surface area (TPSA) is 25.8 Å². The van der Waals surface area contributed by atoms with E-state index in [0.717, 1.165) is 16.7 Å². The molecule has 0 fully saturated rings. The van der Waals surface area contributed by atoms with Gasteiger partial charge in [0.15, 0.2) is 0 Å². The van der Waals surface area contributed by atoms with Gasteiger partial charge >= 0.3 is 0 Å². The Kier molecular flexibility index (Phi) is 5.71. The van der Waals surface area contributed by atoms with Crippen LogP contribution in [0.5, 0.6) is 0 Å². The first-order valence-corrected chi connectivity index (χ1v) is 13.0. The molecule has 0 saturated heterocycles. The summed E-state index contributed by atoms with van der Waals surface area (Å²) in [5.41, 5.74) is 2.25. The fourth-order valence-electron chi connectivity index (χ4n) is 4.11. The minimum absolute atomic E-state index is 0.839. The van der Waals surface area contributed by atoms with Gasteiger partial charge in [-0.15, -0.1) is 5.10 Å². The van der Waals surface area contributed by atoms with Crippen molar-refractivity contribution in [3.05, 3.63) is 127 Å². The number of hydrogen-bond acceptors (Lipinski definition) is 3. The van der Waals surface area contributed by atoms with Crippen molar-refractivity contribution >= 4 is 34.7 Å². The van der Waals surface area contributed by atoms with Crippen molar-refractivity contribution in [1.82, 2.24) is 9.59 Å². The predicted octanol–water partition coefficient (Wildman–Crippen LogP) is 5.70. The molecule has 0 spiro atoms. The molecule has 0 atom stereocenters. The molecule has 0 N–H and O–H groups in total. The minimum atomic E-state index is -1.99. The van der Waals surface area contributed by atoms with Crippen LogP contribution in [-0.4, -0.2) is 9.59 Å². The Morgan fingerprint density at radius 2 is 0.968 bits per heavy atom. The van der Waals surface area contributed by atoms with E-state index >= 15 is 0 Å². The van der Waals surface area contributed by atoms with E-state index < -0.39 is 7.26 Å². The predicted molar refractivity (Wildman–Crippen MR) is 134 cm³/mol. The summed E-state index contributed by atoms with van der Waals surface area (Å²) in [6.07, 6.45) is 0.839. The second kappa shape index (κ2) is 8.93. The van der Waals surface area contributed by atoms with Crippen LogP contribution in [-0.2, 0) is 6.16 Å². The Balaban J connectivity index is 1.75. The van der Waals surface area contributed by atoms with E-state index in [1.54, 1.807) is 0 Å². The van der Waals surface area contributed by atoms with Gasteiger partial charge in [-0.2, -0.15) is 0 Å². The van der Waals surface area contributed by atoms with Crippen molar-refractivity contribution in [2.24, 2.45) is 0 Å². The van der Waals surface area contributed by atoms with Crippen LogP contribution < -0.4 is 15.9 Å². The Labute approximate surface area is 187 Å². The molecule has 2 nitrogen and oxygen atoms in total. The number of rotatable bonds is 6. The van der Waals surface area contributed by atoms with Gasteiger partial charge in [0.05, 0.1) is 4.88 Å². The van der Waals surface area contributed by atoms with Gasteiger partial charge in [-0.3, -0.25) is 0 Å². The molecule has 1 aromatic heterocycles. The first kappa shape index (κ1) is 19.8. The molecule has 0 unspecified atom stereocenters. The van der Waals surface area contributed by atoms with Crippen LogP contribution in [0.15, 0.2) is 121 Å². The van der Waals surface area contributed by atoms with Gasteiger partial charge in [-0.1, -0.05) is 89.4 Å². The summed E-state index contributed by atoms with van der Waals surface area (Å²) in [6.45, 7) is 0. The molecule has 1 heterocycles. The molecular formula is C27H22N2PS+. The van der Waals surface area contributed by atoms with Crippen molar-refractivity contribution in [2.75, 3.05) is 0 Å². The van der Waals surface area contributed by atoms with Crippen LogP contribution in [0, 0.1) is 0 Å². The summed E-state index contributed by atoms with van der Waals surface area (Å²) >= 11 is 1.49. The maximum Gasteiger partial charge on any atom is 0.122 e. The van der Waals surface area contributed by atoms with Gasteiger partial charge in [0.25, 0.3) is 0 Å². The number of nitrogens with zero attached hydrogens (tertiary/aromatic N) is 2. The second-order valence-corrected chi connectivity index (χ2v) is 11.6. The molecule has 0 bridgehead atoms. The van der Waals surface area contributed by atoms with Gasteiger partial charge in [-0.05, 0) is 53.5 Å². The highest BCUT2D eigenvalue weighted by molar-refractivity contribution is 7.95. The monoisotopic (exact) mass is 437 g/mol. The summed E-state index contributed by atoms with van der Waals surface area (Å²) in [5, 5.41) is 8.73. The smallest absolute Gasteiger partial charge is 0.122 e.